The number of hydrogen-bond donors (Lipinski definition) is 0. The van der Waals surface area contributed by atoms with E-state index in [9.17, 15) is 19.2 Å². The van der Waals surface area contributed by atoms with Crippen LogP contribution in [0.5, 0.6) is 0 Å². The standard InChI is InChI=1S/C34H28O9/c1-22-27(40-30(35)23-14-6-2-7-15-23)28(41-31(36)24-16-8-3-9-17-24)29(42-32(37)25-18-10-4-11-19-25)34(39-22)43-33(38)26-20-12-5-13-21-26/h2-22,27-29,34H,1H3/t22-,27+,28+,29-,34+/m0/s1. The predicted octanol–water partition coefficient (Wildman–Crippen LogP) is 5.27. The average Bonchev–Trinajstić information content (AvgIpc) is 3.05. The van der Waals surface area contributed by atoms with Crippen LogP contribution in [0.3, 0.4) is 0 Å². The predicted molar refractivity (Wildman–Crippen MR) is 153 cm³/mol. The SMILES string of the molecule is C[C@@H]1O[C@H](OC(=O)c2ccccc2)[C@@H](OC(=O)c2ccccc2)[C@H](OC(=O)c2ccccc2)[C@@H]1OC(=O)c1ccccc1. The van der Waals surface area contributed by atoms with E-state index in [1.807, 2.05) is 0 Å². The van der Waals surface area contributed by atoms with E-state index >= 15 is 0 Å². The molecule has 1 saturated heterocycles. The third-order valence-corrected chi connectivity index (χ3v) is 6.72. The Morgan fingerprint density at radius 1 is 0.442 bits per heavy atom. The summed E-state index contributed by atoms with van der Waals surface area (Å²) in [6.45, 7) is 1.57. The molecule has 0 radical (unpaired) electrons. The second kappa shape index (κ2) is 13.6. The van der Waals surface area contributed by atoms with Crippen LogP contribution in [-0.4, -0.2) is 54.6 Å². The van der Waals surface area contributed by atoms with Gasteiger partial charge >= 0.3 is 23.9 Å². The van der Waals surface area contributed by atoms with E-state index in [0.717, 1.165) is 0 Å². The molecule has 5 rings (SSSR count). The number of rotatable bonds is 8. The molecule has 0 amide bonds. The molecule has 1 fully saturated rings. The molecule has 1 aliphatic heterocycles. The van der Waals surface area contributed by atoms with Crippen molar-refractivity contribution in [2.75, 3.05) is 0 Å². The Bertz CT molecular complexity index is 1540. The minimum absolute atomic E-state index is 0.195. The Kier molecular flexibility index (Phi) is 9.23. The fraction of sp³-hybridized carbons (Fsp3) is 0.176. The van der Waals surface area contributed by atoms with Crippen molar-refractivity contribution in [3.8, 4) is 0 Å². The Morgan fingerprint density at radius 2 is 0.744 bits per heavy atom. The van der Waals surface area contributed by atoms with Gasteiger partial charge in [-0.3, -0.25) is 0 Å². The fourth-order valence-electron chi connectivity index (χ4n) is 4.54. The molecule has 9 nitrogen and oxygen atoms in total. The van der Waals surface area contributed by atoms with Crippen LogP contribution < -0.4 is 0 Å². The normalized spacial score (nSPS) is 21.2. The van der Waals surface area contributed by atoms with Gasteiger partial charge in [-0.1, -0.05) is 72.8 Å². The highest BCUT2D eigenvalue weighted by atomic mass is 16.7. The first-order valence-electron chi connectivity index (χ1n) is 13.6. The molecule has 0 N–H and O–H groups in total. The minimum Gasteiger partial charge on any atom is -0.452 e. The van der Waals surface area contributed by atoms with Crippen molar-refractivity contribution in [1.29, 1.82) is 0 Å². The smallest absolute Gasteiger partial charge is 0.340 e. The van der Waals surface area contributed by atoms with Gasteiger partial charge in [-0.25, -0.2) is 19.2 Å². The molecule has 0 spiro atoms. The van der Waals surface area contributed by atoms with Gasteiger partial charge in [0.25, 0.3) is 0 Å². The zero-order chi connectivity index (χ0) is 30.2. The summed E-state index contributed by atoms with van der Waals surface area (Å²) in [4.78, 5) is 52.8. The molecule has 4 aromatic rings. The van der Waals surface area contributed by atoms with E-state index < -0.39 is 54.6 Å². The van der Waals surface area contributed by atoms with Crippen LogP contribution in [0.25, 0.3) is 0 Å². The number of ether oxygens (including phenoxy) is 5. The minimum atomic E-state index is -1.52. The van der Waals surface area contributed by atoms with Gasteiger partial charge in [0.15, 0.2) is 12.2 Å². The maximum Gasteiger partial charge on any atom is 0.340 e. The quantitative estimate of drug-likeness (QED) is 0.203. The fourth-order valence-corrected chi connectivity index (χ4v) is 4.54. The van der Waals surface area contributed by atoms with Crippen LogP contribution in [-0.2, 0) is 23.7 Å². The molecule has 0 unspecified atom stereocenters. The maximum atomic E-state index is 13.3. The summed E-state index contributed by atoms with van der Waals surface area (Å²) in [6.07, 6.45) is -6.67. The van der Waals surface area contributed by atoms with Gasteiger partial charge in [0, 0.05) is 0 Å². The van der Waals surface area contributed by atoms with Gasteiger partial charge < -0.3 is 23.7 Å². The molecule has 1 heterocycles. The monoisotopic (exact) mass is 580 g/mol. The van der Waals surface area contributed by atoms with E-state index in [1.54, 1.807) is 116 Å². The lowest BCUT2D eigenvalue weighted by atomic mass is 9.98. The maximum absolute atomic E-state index is 13.3. The van der Waals surface area contributed by atoms with Gasteiger partial charge in [-0.2, -0.15) is 0 Å². The van der Waals surface area contributed by atoms with Gasteiger partial charge in [0.05, 0.1) is 28.4 Å². The second-order valence-electron chi connectivity index (χ2n) is 9.69. The topological polar surface area (TPSA) is 114 Å². The summed E-state index contributed by atoms with van der Waals surface area (Å²) in [6, 6.07) is 32.7. The van der Waals surface area contributed by atoms with Gasteiger partial charge in [-0.15, -0.1) is 0 Å². The van der Waals surface area contributed by atoms with Crippen molar-refractivity contribution < 1.29 is 42.9 Å². The Hall–Kier alpha value is -5.28. The van der Waals surface area contributed by atoms with E-state index in [-0.39, 0.29) is 22.3 Å². The molecule has 1 aliphatic rings. The van der Waals surface area contributed by atoms with Crippen molar-refractivity contribution in [3.05, 3.63) is 144 Å². The molecule has 5 atom stereocenters. The summed E-state index contributed by atoms with van der Waals surface area (Å²) in [5.74, 6) is -3.03. The number of hydrogen-bond acceptors (Lipinski definition) is 9. The molecular weight excluding hydrogens is 552 g/mol. The molecule has 4 aromatic carbocycles. The van der Waals surface area contributed by atoms with E-state index in [1.165, 1.54) is 12.1 Å². The summed E-state index contributed by atoms with van der Waals surface area (Å²) < 4.78 is 29.2. The van der Waals surface area contributed by atoms with Gasteiger partial charge in [0.2, 0.25) is 12.4 Å². The van der Waals surface area contributed by atoms with Gasteiger partial charge in [0.1, 0.15) is 0 Å². The molecule has 0 saturated carbocycles. The van der Waals surface area contributed by atoms with Crippen molar-refractivity contribution in [2.45, 2.75) is 37.6 Å². The molecule has 9 heteroatoms. The van der Waals surface area contributed by atoms with Crippen molar-refractivity contribution in [3.63, 3.8) is 0 Å². The van der Waals surface area contributed by atoms with Crippen LogP contribution in [0.15, 0.2) is 121 Å². The lowest BCUT2D eigenvalue weighted by Gasteiger charge is -2.43. The van der Waals surface area contributed by atoms with Crippen molar-refractivity contribution in [2.24, 2.45) is 0 Å². The molecule has 0 bridgehead atoms. The molecular formula is C34H28O9. The Morgan fingerprint density at radius 3 is 1.12 bits per heavy atom. The molecule has 0 aliphatic carbocycles. The largest absolute Gasteiger partial charge is 0.452 e. The van der Waals surface area contributed by atoms with Crippen molar-refractivity contribution >= 4 is 23.9 Å². The highest BCUT2D eigenvalue weighted by Crippen LogP contribution is 2.31. The van der Waals surface area contributed by atoms with Crippen LogP contribution in [0.4, 0.5) is 0 Å². The third-order valence-electron chi connectivity index (χ3n) is 6.72. The van der Waals surface area contributed by atoms with Crippen LogP contribution in [0.2, 0.25) is 0 Å². The van der Waals surface area contributed by atoms with Crippen LogP contribution in [0, 0.1) is 0 Å². The number of carbonyl (C=O) groups is 4. The highest BCUT2D eigenvalue weighted by Gasteiger charge is 2.53. The first-order chi connectivity index (χ1) is 20.9. The zero-order valence-electron chi connectivity index (χ0n) is 23.1. The summed E-state index contributed by atoms with van der Waals surface area (Å²) >= 11 is 0. The average molecular weight is 581 g/mol. The number of carbonyl (C=O) groups excluding carboxylic acids is 4. The highest BCUT2D eigenvalue weighted by molar-refractivity contribution is 5.92. The first-order valence-corrected chi connectivity index (χ1v) is 13.6. The molecule has 218 valence electrons. The molecule has 0 aromatic heterocycles. The van der Waals surface area contributed by atoms with Gasteiger partial charge in [-0.05, 0) is 55.5 Å². The Balaban J connectivity index is 1.51. The number of benzene rings is 4. The van der Waals surface area contributed by atoms with E-state index in [2.05, 4.69) is 0 Å². The second-order valence-corrected chi connectivity index (χ2v) is 9.69. The van der Waals surface area contributed by atoms with E-state index in [0.29, 0.717) is 0 Å². The lowest BCUT2D eigenvalue weighted by molar-refractivity contribution is -0.274. The third kappa shape index (κ3) is 7.14. The lowest BCUT2D eigenvalue weighted by Crippen LogP contribution is -2.61. The zero-order valence-corrected chi connectivity index (χ0v) is 23.1. The van der Waals surface area contributed by atoms with Crippen LogP contribution in [0.1, 0.15) is 48.4 Å². The number of esters is 4. The van der Waals surface area contributed by atoms with Crippen LogP contribution >= 0.6 is 0 Å². The summed E-state index contributed by atoms with van der Waals surface area (Å²) in [5, 5.41) is 0. The Labute approximate surface area is 247 Å². The first kappa shape index (κ1) is 29.2. The summed E-state index contributed by atoms with van der Waals surface area (Å²) in [7, 11) is 0. The van der Waals surface area contributed by atoms with Crippen molar-refractivity contribution in [1.82, 2.24) is 0 Å². The van der Waals surface area contributed by atoms with E-state index in [4.69, 9.17) is 23.7 Å². The molecule has 43 heavy (non-hydrogen) atoms. The summed E-state index contributed by atoms with van der Waals surface area (Å²) in [5.41, 5.74) is 0.876.